The van der Waals surface area contributed by atoms with E-state index in [9.17, 15) is 0 Å². The van der Waals surface area contributed by atoms with E-state index < -0.39 is 0 Å². The van der Waals surface area contributed by atoms with Gasteiger partial charge in [0.05, 0.1) is 20.3 Å². The molecule has 1 fully saturated rings. The fourth-order valence-electron chi connectivity index (χ4n) is 2.31. The Balaban J connectivity index is 1.90. The van der Waals surface area contributed by atoms with Crippen LogP contribution in [0.15, 0.2) is 22.7 Å². The van der Waals surface area contributed by atoms with E-state index in [0.29, 0.717) is 12.1 Å². The summed E-state index contributed by atoms with van der Waals surface area (Å²) in [5, 5.41) is 6.97. The normalized spacial score (nSPS) is 20.9. The molecule has 1 aromatic carbocycles. The second-order valence-corrected chi connectivity index (χ2v) is 5.80. The van der Waals surface area contributed by atoms with Crippen LogP contribution in [-0.2, 0) is 4.74 Å². The molecule has 0 bridgehead atoms. The lowest BCUT2D eigenvalue weighted by molar-refractivity contribution is 0.0731. The lowest BCUT2D eigenvalue weighted by Gasteiger charge is -2.27. The summed E-state index contributed by atoms with van der Waals surface area (Å²) < 4.78 is 11.8. The van der Waals surface area contributed by atoms with Crippen molar-refractivity contribution >= 4 is 21.6 Å². The number of nitrogens with one attached hydrogen (secondary N) is 2. The zero-order valence-electron chi connectivity index (χ0n) is 11.4. The van der Waals surface area contributed by atoms with Crippen molar-refractivity contribution in [2.24, 2.45) is 0 Å². The Bertz CT molecular complexity index is 408. The molecule has 0 saturated carbocycles. The highest BCUT2D eigenvalue weighted by Crippen LogP contribution is 2.25. The quantitative estimate of drug-likeness (QED) is 0.872. The molecule has 2 unspecified atom stereocenters. The number of hydrogen-bond acceptors (Lipinski definition) is 4. The molecule has 2 N–H and O–H groups in total. The molecule has 2 rings (SSSR count). The first-order valence-corrected chi connectivity index (χ1v) is 7.39. The molecule has 0 aromatic heterocycles. The molecule has 19 heavy (non-hydrogen) atoms. The van der Waals surface area contributed by atoms with Gasteiger partial charge in [-0.15, -0.1) is 0 Å². The molecule has 1 aromatic rings. The van der Waals surface area contributed by atoms with Crippen LogP contribution >= 0.6 is 15.9 Å². The molecule has 1 aliphatic rings. The van der Waals surface area contributed by atoms with E-state index in [1.165, 1.54) is 0 Å². The molecular formula is C14H21BrN2O2. The minimum Gasteiger partial charge on any atom is -0.497 e. The lowest BCUT2D eigenvalue weighted by Crippen LogP contribution is -2.43. The van der Waals surface area contributed by atoms with Crippen molar-refractivity contribution in [3.8, 4) is 5.75 Å². The summed E-state index contributed by atoms with van der Waals surface area (Å²) in [6.45, 7) is 4.75. The SMILES string of the molecule is COc1cc(Br)cc(NC(C)CC2COCCN2)c1. The highest BCUT2D eigenvalue weighted by atomic mass is 79.9. The first-order valence-electron chi connectivity index (χ1n) is 6.59. The van der Waals surface area contributed by atoms with Gasteiger partial charge in [-0.2, -0.15) is 0 Å². The average molecular weight is 329 g/mol. The highest BCUT2D eigenvalue weighted by molar-refractivity contribution is 9.10. The van der Waals surface area contributed by atoms with Gasteiger partial charge in [0.25, 0.3) is 0 Å². The number of methoxy groups -OCH3 is 1. The van der Waals surface area contributed by atoms with Crippen LogP contribution in [0.4, 0.5) is 5.69 Å². The number of halogens is 1. The minimum atomic E-state index is 0.373. The summed E-state index contributed by atoms with van der Waals surface area (Å²) in [5.41, 5.74) is 1.07. The molecule has 1 heterocycles. The molecule has 5 heteroatoms. The maximum atomic E-state index is 5.47. The summed E-state index contributed by atoms with van der Waals surface area (Å²) in [6, 6.07) is 6.82. The van der Waals surface area contributed by atoms with E-state index in [0.717, 1.165) is 42.1 Å². The molecule has 106 valence electrons. The zero-order valence-corrected chi connectivity index (χ0v) is 13.0. The van der Waals surface area contributed by atoms with Crippen LogP contribution in [0.3, 0.4) is 0 Å². The third-order valence-corrected chi connectivity index (χ3v) is 3.61. The zero-order chi connectivity index (χ0) is 13.7. The number of ether oxygens (including phenoxy) is 2. The largest absolute Gasteiger partial charge is 0.497 e. The third kappa shape index (κ3) is 4.67. The second-order valence-electron chi connectivity index (χ2n) is 4.89. The van der Waals surface area contributed by atoms with Crippen molar-refractivity contribution in [1.29, 1.82) is 0 Å². The Morgan fingerprint density at radius 3 is 3.05 bits per heavy atom. The van der Waals surface area contributed by atoms with Crippen LogP contribution in [0.2, 0.25) is 0 Å². The summed E-state index contributed by atoms with van der Waals surface area (Å²) in [5.74, 6) is 0.850. The fraction of sp³-hybridized carbons (Fsp3) is 0.571. The number of morpholine rings is 1. The molecule has 1 aliphatic heterocycles. The summed E-state index contributed by atoms with van der Waals surface area (Å²) in [7, 11) is 1.68. The van der Waals surface area contributed by atoms with Gasteiger partial charge in [-0.25, -0.2) is 0 Å². The second kappa shape index (κ2) is 7.12. The standard InChI is InChI=1S/C14H21BrN2O2/c1-10(5-13-9-19-4-3-16-13)17-12-6-11(15)7-14(8-12)18-2/h6-8,10,13,16-17H,3-5,9H2,1-2H3. The first-order chi connectivity index (χ1) is 9.17. The smallest absolute Gasteiger partial charge is 0.122 e. The van der Waals surface area contributed by atoms with E-state index in [1.807, 2.05) is 12.1 Å². The maximum Gasteiger partial charge on any atom is 0.122 e. The third-order valence-electron chi connectivity index (χ3n) is 3.16. The molecule has 1 saturated heterocycles. The van der Waals surface area contributed by atoms with Crippen molar-refractivity contribution in [2.45, 2.75) is 25.4 Å². The van der Waals surface area contributed by atoms with Gasteiger partial charge in [-0.1, -0.05) is 15.9 Å². The van der Waals surface area contributed by atoms with Crippen LogP contribution in [0.1, 0.15) is 13.3 Å². The van der Waals surface area contributed by atoms with Crippen molar-refractivity contribution in [3.05, 3.63) is 22.7 Å². The number of anilines is 1. The molecule has 0 radical (unpaired) electrons. The summed E-state index contributed by atoms with van der Waals surface area (Å²) >= 11 is 3.49. The molecule has 4 nitrogen and oxygen atoms in total. The van der Waals surface area contributed by atoms with Gasteiger partial charge >= 0.3 is 0 Å². The first kappa shape index (κ1) is 14.6. The molecule has 0 aliphatic carbocycles. The fourth-order valence-corrected chi connectivity index (χ4v) is 2.78. The van der Waals surface area contributed by atoms with Crippen molar-refractivity contribution < 1.29 is 9.47 Å². The maximum absolute atomic E-state index is 5.47. The van der Waals surface area contributed by atoms with E-state index in [2.05, 4.69) is 39.6 Å². The van der Waals surface area contributed by atoms with Crippen molar-refractivity contribution in [3.63, 3.8) is 0 Å². The molecule has 0 amide bonds. The monoisotopic (exact) mass is 328 g/mol. The van der Waals surface area contributed by atoms with Crippen LogP contribution in [-0.4, -0.2) is 39.0 Å². The van der Waals surface area contributed by atoms with Gasteiger partial charge in [-0.3, -0.25) is 0 Å². The molecule has 0 spiro atoms. The number of rotatable bonds is 5. The summed E-state index contributed by atoms with van der Waals surface area (Å²) in [4.78, 5) is 0. The minimum absolute atomic E-state index is 0.373. The Hall–Kier alpha value is -0.780. The van der Waals surface area contributed by atoms with Gasteiger partial charge in [0.15, 0.2) is 0 Å². The molecule has 2 atom stereocenters. The van der Waals surface area contributed by atoms with Gasteiger partial charge < -0.3 is 20.1 Å². The highest BCUT2D eigenvalue weighted by Gasteiger charge is 2.16. The van der Waals surface area contributed by atoms with Gasteiger partial charge in [-0.05, 0) is 25.5 Å². The predicted octanol–water partition coefficient (Wildman–Crippen LogP) is 2.64. The van der Waals surface area contributed by atoms with E-state index in [-0.39, 0.29) is 0 Å². The number of benzene rings is 1. The van der Waals surface area contributed by atoms with Gasteiger partial charge in [0.2, 0.25) is 0 Å². The lowest BCUT2D eigenvalue weighted by atomic mass is 10.1. The Morgan fingerprint density at radius 1 is 1.53 bits per heavy atom. The number of hydrogen-bond donors (Lipinski definition) is 2. The van der Waals surface area contributed by atoms with Gasteiger partial charge in [0.1, 0.15) is 5.75 Å². The van der Waals surface area contributed by atoms with Crippen molar-refractivity contribution in [1.82, 2.24) is 5.32 Å². The van der Waals surface area contributed by atoms with Crippen LogP contribution in [0.5, 0.6) is 5.75 Å². The van der Waals surface area contributed by atoms with Crippen molar-refractivity contribution in [2.75, 3.05) is 32.2 Å². The van der Waals surface area contributed by atoms with Crippen LogP contribution in [0.25, 0.3) is 0 Å². The van der Waals surface area contributed by atoms with Crippen LogP contribution < -0.4 is 15.4 Å². The van der Waals surface area contributed by atoms with Crippen LogP contribution in [0, 0.1) is 0 Å². The van der Waals surface area contributed by atoms with E-state index >= 15 is 0 Å². The summed E-state index contributed by atoms with van der Waals surface area (Å²) in [6.07, 6.45) is 1.04. The molecular weight excluding hydrogens is 308 g/mol. The topological polar surface area (TPSA) is 42.5 Å². The predicted molar refractivity (Wildman–Crippen MR) is 81.0 cm³/mol. The Labute approximate surface area is 123 Å². The van der Waals surface area contributed by atoms with E-state index in [1.54, 1.807) is 7.11 Å². The Kier molecular flexibility index (Phi) is 5.48. The van der Waals surface area contributed by atoms with Gasteiger partial charge in [0, 0.05) is 34.9 Å². The van der Waals surface area contributed by atoms with E-state index in [4.69, 9.17) is 9.47 Å². The average Bonchev–Trinajstić information content (AvgIpc) is 2.38. The Morgan fingerprint density at radius 2 is 2.37 bits per heavy atom.